The molecule has 0 radical (unpaired) electrons. The molecule has 4 heteroatoms. The largest absolute Gasteiger partial charge is 0.504 e. The van der Waals surface area contributed by atoms with Crippen molar-refractivity contribution in [3.8, 4) is 11.5 Å². The number of piperidine rings is 1. The zero-order valence-corrected chi connectivity index (χ0v) is 16.0. The predicted octanol–water partition coefficient (Wildman–Crippen LogP) is 3.15. The van der Waals surface area contributed by atoms with Crippen molar-refractivity contribution in [2.75, 3.05) is 27.2 Å². The van der Waals surface area contributed by atoms with Gasteiger partial charge in [-0.05, 0) is 43.7 Å². The van der Waals surface area contributed by atoms with Crippen molar-refractivity contribution in [3.63, 3.8) is 0 Å². The summed E-state index contributed by atoms with van der Waals surface area (Å²) in [6.07, 6.45) is 8.52. The molecule has 2 saturated carbocycles. The van der Waals surface area contributed by atoms with Crippen molar-refractivity contribution in [2.45, 2.75) is 68.1 Å². The minimum atomic E-state index is -0.149. The van der Waals surface area contributed by atoms with Crippen molar-refractivity contribution >= 4 is 0 Å². The lowest BCUT2D eigenvalue weighted by Crippen LogP contribution is -2.80. The number of likely N-dealkylation sites (N-methyl/N-ethyl adjacent to an activating group) is 1. The molecule has 1 N–H and O–H groups in total. The molecule has 2 aliphatic heterocycles. The summed E-state index contributed by atoms with van der Waals surface area (Å²) >= 11 is 0. The molecule has 1 aromatic rings. The van der Waals surface area contributed by atoms with Gasteiger partial charge in [0, 0.05) is 31.4 Å². The Hall–Kier alpha value is -1.26. The fourth-order valence-electron chi connectivity index (χ4n) is 7.53. The molecule has 2 bridgehead atoms. The maximum Gasteiger partial charge on any atom is 0.165 e. The van der Waals surface area contributed by atoms with E-state index in [1.54, 1.807) is 0 Å². The van der Waals surface area contributed by atoms with Crippen molar-refractivity contribution < 1.29 is 19.1 Å². The highest BCUT2D eigenvalue weighted by Crippen LogP contribution is 2.67. The quantitative estimate of drug-likeness (QED) is 0.846. The number of quaternary nitrogens is 1. The van der Waals surface area contributed by atoms with Crippen LogP contribution in [0.15, 0.2) is 12.1 Å². The fourth-order valence-corrected chi connectivity index (χ4v) is 7.53. The maximum absolute atomic E-state index is 10.5. The standard InChI is InChI=1S/C22H29NO3/c1-23(13-14-5-6-14)11-10-21-18-4-3-9-22(21,25-2)17(23)12-15-7-8-16(24)20(26-18)19(15)21/h7-8,14,17-18H,3-6,9-13H2,1-2H3/p+1/t17-,18+,21-,22-,23?/m1/s1. The summed E-state index contributed by atoms with van der Waals surface area (Å²) in [6.45, 7) is 2.51. The average Bonchev–Trinajstić information content (AvgIpc) is 3.37. The van der Waals surface area contributed by atoms with Crippen LogP contribution < -0.4 is 4.74 Å². The molecule has 1 saturated heterocycles. The number of methoxy groups -OCH3 is 1. The van der Waals surface area contributed by atoms with E-state index in [-0.39, 0.29) is 17.1 Å². The van der Waals surface area contributed by atoms with Gasteiger partial charge in [0.15, 0.2) is 11.5 Å². The number of likely N-dealkylation sites (tertiary alicyclic amines) is 1. The van der Waals surface area contributed by atoms with Gasteiger partial charge in [-0.2, -0.15) is 0 Å². The number of nitrogens with zero attached hydrogens (tertiary/aromatic N) is 1. The van der Waals surface area contributed by atoms with Gasteiger partial charge in [0.1, 0.15) is 17.7 Å². The van der Waals surface area contributed by atoms with Gasteiger partial charge < -0.3 is 19.1 Å². The zero-order chi connectivity index (χ0) is 17.7. The average molecular weight is 356 g/mol. The Morgan fingerprint density at radius 2 is 2.12 bits per heavy atom. The summed E-state index contributed by atoms with van der Waals surface area (Å²) in [5, 5.41) is 10.5. The highest BCUT2D eigenvalue weighted by atomic mass is 16.5. The summed E-state index contributed by atoms with van der Waals surface area (Å²) in [5.41, 5.74) is 2.50. The van der Waals surface area contributed by atoms with E-state index in [9.17, 15) is 5.11 Å². The lowest BCUT2D eigenvalue weighted by Gasteiger charge is -2.66. The molecular formula is C22H30NO3+. The Morgan fingerprint density at radius 1 is 1.27 bits per heavy atom. The van der Waals surface area contributed by atoms with Crippen LogP contribution in [0.4, 0.5) is 0 Å². The number of ether oxygens (including phenoxy) is 2. The van der Waals surface area contributed by atoms with Gasteiger partial charge in [-0.1, -0.05) is 6.07 Å². The zero-order valence-electron chi connectivity index (χ0n) is 16.0. The molecule has 5 aliphatic rings. The van der Waals surface area contributed by atoms with E-state index in [2.05, 4.69) is 13.1 Å². The first-order valence-corrected chi connectivity index (χ1v) is 10.5. The van der Waals surface area contributed by atoms with Crippen LogP contribution in [0.3, 0.4) is 0 Å². The summed E-state index contributed by atoms with van der Waals surface area (Å²) in [5.74, 6) is 2.00. The molecule has 1 spiro atoms. The van der Waals surface area contributed by atoms with Crippen LogP contribution in [0, 0.1) is 5.92 Å². The third-order valence-electron chi connectivity index (χ3n) is 8.71. The van der Waals surface area contributed by atoms with Gasteiger partial charge >= 0.3 is 0 Å². The maximum atomic E-state index is 10.5. The third-order valence-corrected chi connectivity index (χ3v) is 8.71. The summed E-state index contributed by atoms with van der Waals surface area (Å²) in [7, 11) is 4.43. The van der Waals surface area contributed by atoms with Crippen LogP contribution in [0.2, 0.25) is 0 Å². The predicted molar refractivity (Wildman–Crippen MR) is 98.5 cm³/mol. The first kappa shape index (κ1) is 15.8. The van der Waals surface area contributed by atoms with Gasteiger partial charge in [-0.15, -0.1) is 0 Å². The van der Waals surface area contributed by atoms with Crippen LogP contribution >= 0.6 is 0 Å². The smallest absolute Gasteiger partial charge is 0.165 e. The summed E-state index contributed by atoms with van der Waals surface area (Å²) in [6, 6.07) is 4.51. The van der Waals surface area contributed by atoms with E-state index in [1.165, 1.54) is 37.1 Å². The third kappa shape index (κ3) is 1.61. The minimum Gasteiger partial charge on any atom is -0.504 e. The minimum absolute atomic E-state index is 0.0619. The van der Waals surface area contributed by atoms with Gasteiger partial charge in [0.05, 0.1) is 25.6 Å². The molecule has 2 heterocycles. The van der Waals surface area contributed by atoms with Crippen LogP contribution in [0.5, 0.6) is 11.5 Å². The first-order valence-electron chi connectivity index (χ1n) is 10.5. The number of hydrogen-bond donors (Lipinski definition) is 1. The number of rotatable bonds is 3. The number of phenols is 1. The Morgan fingerprint density at radius 3 is 2.88 bits per heavy atom. The number of aromatic hydroxyl groups is 1. The van der Waals surface area contributed by atoms with Gasteiger partial charge in [-0.25, -0.2) is 0 Å². The highest BCUT2D eigenvalue weighted by molar-refractivity contribution is 5.61. The van der Waals surface area contributed by atoms with Crippen LogP contribution in [-0.2, 0) is 16.6 Å². The van der Waals surface area contributed by atoms with Crippen molar-refractivity contribution in [2.24, 2.45) is 5.92 Å². The topological polar surface area (TPSA) is 38.7 Å². The molecule has 4 nitrogen and oxygen atoms in total. The molecule has 0 aromatic heterocycles. The van der Waals surface area contributed by atoms with Crippen molar-refractivity contribution in [1.29, 1.82) is 0 Å². The van der Waals surface area contributed by atoms with E-state index in [0.29, 0.717) is 11.8 Å². The summed E-state index contributed by atoms with van der Waals surface area (Å²) in [4.78, 5) is 0. The van der Waals surface area contributed by atoms with E-state index < -0.39 is 0 Å². The van der Waals surface area contributed by atoms with Gasteiger partial charge in [-0.3, -0.25) is 0 Å². The number of benzene rings is 1. The lowest BCUT2D eigenvalue weighted by molar-refractivity contribution is -0.950. The fraction of sp³-hybridized carbons (Fsp3) is 0.727. The SMILES string of the molecule is CO[C@@]12CCC[C@@H]3Oc4c(O)ccc5c4[C@@]31CC[N+](C)(CC1CC1)[C@@H]2C5. The van der Waals surface area contributed by atoms with Crippen molar-refractivity contribution in [3.05, 3.63) is 23.3 Å². The molecular weight excluding hydrogens is 326 g/mol. The van der Waals surface area contributed by atoms with Crippen LogP contribution in [0.25, 0.3) is 0 Å². The Kier molecular flexibility index (Phi) is 2.89. The molecule has 1 unspecified atom stereocenters. The number of phenolic OH excluding ortho intramolecular Hbond substituents is 1. The first-order chi connectivity index (χ1) is 12.5. The molecule has 3 fully saturated rings. The van der Waals surface area contributed by atoms with E-state index in [0.717, 1.165) is 48.3 Å². The second-order valence-electron chi connectivity index (χ2n) is 9.81. The molecule has 140 valence electrons. The summed E-state index contributed by atoms with van der Waals surface area (Å²) < 4.78 is 14.2. The monoisotopic (exact) mass is 356 g/mol. The Bertz CT molecular complexity index is 790. The van der Waals surface area contributed by atoms with Crippen LogP contribution in [0.1, 0.15) is 49.7 Å². The second kappa shape index (κ2) is 4.77. The van der Waals surface area contributed by atoms with E-state index >= 15 is 0 Å². The normalized spacial score (nSPS) is 45.2. The van der Waals surface area contributed by atoms with Gasteiger partial charge in [0.2, 0.25) is 0 Å². The molecule has 1 aromatic carbocycles. The Labute approximate surface area is 155 Å². The molecule has 3 aliphatic carbocycles. The van der Waals surface area contributed by atoms with Gasteiger partial charge in [0.25, 0.3) is 0 Å². The molecule has 5 atom stereocenters. The number of hydrogen-bond acceptors (Lipinski definition) is 3. The van der Waals surface area contributed by atoms with Crippen LogP contribution in [-0.4, -0.2) is 54.6 Å². The van der Waals surface area contributed by atoms with Crippen molar-refractivity contribution in [1.82, 2.24) is 0 Å². The highest BCUT2D eigenvalue weighted by Gasteiger charge is 2.75. The Balaban J connectivity index is 1.60. The molecule has 26 heavy (non-hydrogen) atoms. The lowest BCUT2D eigenvalue weighted by atomic mass is 9.48. The molecule has 6 rings (SSSR count). The van der Waals surface area contributed by atoms with E-state index in [4.69, 9.17) is 9.47 Å². The van der Waals surface area contributed by atoms with E-state index in [1.807, 2.05) is 13.2 Å². The molecule has 0 amide bonds. The second-order valence-corrected chi connectivity index (χ2v) is 9.81.